The van der Waals surface area contributed by atoms with Gasteiger partial charge in [0.2, 0.25) is 5.91 Å². The lowest BCUT2D eigenvalue weighted by molar-refractivity contribution is -0.138. The van der Waals surface area contributed by atoms with Gasteiger partial charge in [-0.1, -0.05) is 13.8 Å². The van der Waals surface area contributed by atoms with Crippen LogP contribution in [0.25, 0.3) is 0 Å². The molecule has 0 aliphatic carbocycles. The molecule has 5 heteroatoms. The minimum absolute atomic E-state index is 0.00134. The Morgan fingerprint density at radius 1 is 1.22 bits per heavy atom. The van der Waals surface area contributed by atoms with Crippen LogP contribution in [0.5, 0.6) is 0 Å². The minimum atomic E-state index is -0.877. The van der Waals surface area contributed by atoms with Crippen molar-refractivity contribution >= 4 is 11.9 Å². The first-order chi connectivity index (χ1) is 8.38. The third-order valence-corrected chi connectivity index (χ3v) is 3.30. The van der Waals surface area contributed by atoms with Crippen molar-refractivity contribution in [3.8, 4) is 0 Å². The Morgan fingerprint density at radius 2 is 1.83 bits per heavy atom. The highest BCUT2D eigenvalue weighted by atomic mass is 16.4. The molecule has 0 spiro atoms. The maximum absolute atomic E-state index is 11.8. The van der Waals surface area contributed by atoms with E-state index in [4.69, 9.17) is 10.8 Å². The summed E-state index contributed by atoms with van der Waals surface area (Å²) >= 11 is 0. The van der Waals surface area contributed by atoms with Gasteiger partial charge < -0.3 is 15.7 Å². The number of nitrogens with zero attached hydrogens (tertiary/aromatic N) is 1. The Bertz CT molecular complexity index is 267. The van der Waals surface area contributed by atoms with Crippen molar-refractivity contribution in [2.75, 3.05) is 20.1 Å². The number of carbonyl (C=O) groups is 2. The third kappa shape index (κ3) is 7.27. The fourth-order valence-corrected chi connectivity index (χ4v) is 1.91. The van der Waals surface area contributed by atoms with Crippen molar-refractivity contribution in [2.45, 2.75) is 39.5 Å². The van der Waals surface area contributed by atoms with Crippen molar-refractivity contribution < 1.29 is 14.7 Å². The fraction of sp³-hybridized carbons (Fsp3) is 0.846. The monoisotopic (exact) mass is 258 g/mol. The van der Waals surface area contributed by atoms with Crippen LogP contribution in [0.15, 0.2) is 0 Å². The summed E-state index contributed by atoms with van der Waals surface area (Å²) in [4.78, 5) is 23.7. The molecule has 1 unspecified atom stereocenters. The molecule has 0 aromatic heterocycles. The lowest BCUT2D eigenvalue weighted by Gasteiger charge is -2.22. The van der Waals surface area contributed by atoms with Crippen molar-refractivity contribution in [2.24, 2.45) is 17.6 Å². The van der Waals surface area contributed by atoms with E-state index >= 15 is 0 Å². The summed E-state index contributed by atoms with van der Waals surface area (Å²) in [6, 6.07) is 0. The van der Waals surface area contributed by atoms with E-state index in [2.05, 4.69) is 13.8 Å². The van der Waals surface area contributed by atoms with Crippen molar-refractivity contribution in [3.05, 3.63) is 0 Å². The fourth-order valence-electron chi connectivity index (χ4n) is 1.91. The molecule has 0 saturated heterocycles. The number of nitrogens with two attached hydrogens (primary N) is 1. The van der Waals surface area contributed by atoms with Crippen molar-refractivity contribution in [3.63, 3.8) is 0 Å². The van der Waals surface area contributed by atoms with Gasteiger partial charge in [-0.25, -0.2) is 0 Å². The number of amides is 1. The predicted molar refractivity (Wildman–Crippen MR) is 71.1 cm³/mol. The van der Waals surface area contributed by atoms with Gasteiger partial charge in [0.05, 0.1) is 6.42 Å². The second-order valence-corrected chi connectivity index (χ2v) is 5.08. The van der Waals surface area contributed by atoms with Gasteiger partial charge in [0.1, 0.15) is 0 Å². The number of aliphatic carboxylic acids is 1. The first-order valence-electron chi connectivity index (χ1n) is 6.54. The van der Waals surface area contributed by atoms with Gasteiger partial charge in [-0.3, -0.25) is 9.59 Å². The summed E-state index contributed by atoms with van der Waals surface area (Å²) < 4.78 is 0. The van der Waals surface area contributed by atoms with Crippen LogP contribution < -0.4 is 5.73 Å². The van der Waals surface area contributed by atoms with Crippen molar-refractivity contribution in [1.82, 2.24) is 4.90 Å². The highest BCUT2D eigenvalue weighted by molar-refractivity contribution is 5.76. The number of carboxylic acids is 1. The van der Waals surface area contributed by atoms with Crippen LogP contribution in [0.4, 0.5) is 0 Å². The highest BCUT2D eigenvalue weighted by Crippen LogP contribution is 2.20. The van der Waals surface area contributed by atoms with Crippen LogP contribution in [-0.4, -0.2) is 42.0 Å². The maximum atomic E-state index is 11.8. The molecule has 18 heavy (non-hydrogen) atoms. The van der Waals surface area contributed by atoms with Gasteiger partial charge in [-0.15, -0.1) is 0 Å². The lowest BCUT2D eigenvalue weighted by Crippen LogP contribution is -2.29. The molecule has 1 atom stereocenters. The summed E-state index contributed by atoms with van der Waals surface area (Å²) in [5.74, 6) is 0.120. The van der Waals surface area contributed by atoms with Gasteiger partial charge in [-0.2, -0.15) is 0 Å². The van der Waals surface area contributed by atoms with Crippen LogP contribution in [0.1, 0.15) is 39.5 Å². The topological polar surface area (TPSA) is 83.6 Å². The maximum Gasteiger partial charge on any atom is 0.305 e. The highest BCUT2D eigenvalue weighted by Gasteiger charge is 2.16. The summed E-state index contributed by atoms with van der Waals surface area (Å²) in [5.41, 5.74) is 5.55. The molecule has 106 valence electrons. The van der Waals surface area contributed by atoms with Gasteiger partial charge in [-0.05, 0) is 31.2 Å². The first kappa shape index (κ1) is 16.9. The van der Waals surface area contributed by atoms with Crippen LogP contribution in [0.3, 0.4) is 0 Å². The second-order valence-electron chi connectivity index (χ2n) is 5.08. The number of rotatable bonds is 9. The Kier molecular flexibility index (Phi) is 8.37. The molecular weight excluding hydrogens is 232 g/mol. The van der Waals surface area contributed by atoms with Gasteiger partial charge in [0.25, 0.3) is 0 Å². The van der Waals surface area contributed by atoms with E-state index in [9.17, 15) is 9.59 Å². The number of hydrogen-bond acceptors (Lipinski definition) is 3. The molecule has 0 aliphatic heterocycles. The SMILES string of the molecule is CC(C)C(CCN)CCC(=O)N(C)CCC(=O)O. The van der Waals surface area contributed by atoms with E-state index in [1.165, 1.54) is 4.90 Å². The standard InChI is InChI=1S/C13H26N2O3/c1-10(2)11(6-8-14)4-5-12(16)15(3)9-7-13(17)18/h10-11H,4-9,14H2,1-3H3,(H,17,18). The van der Waals surface area contributed by atoms with Gasteiger partial charge in [0, 0.05) is 20.0 Å². The molecule has 0 fully saturated rings. The molecule has 0 heterocycles. The molecule has 0 aliphatic rings. The molecule has 5 nitrogen and oxygen atoms in total. The molecule has 1 amide bonds. The minimum Gasteiger partial charge on any atom is -0.481 e. The Hall–Kier alpha value is -1.10. The summed E-state index contributed by atoms with van der Waals surface area (Å²) in [5, 5.41) is 8.55. The summed E-state index contributed by atoms with van der Waals surface area (Å²) in [7, 11) is 1.65. The largest absolute Gasteiger partial charge is 0.481 e. The zero-order valence-electron chi connectivity index (χ0n) is 11.7. The van der Waals surface area contributed by atoms with Crippen LogP contribution in [0.2, 0.25) is 0 Å². The van der Waals surface area contributed by atoms with Gasteiger partial charge in [0.15, 0.2) is 0 Å². The number of carbonyl (C=O) groups excluding carboxylic acids is 1. The molecule has 0 bridgehead atoms. The summed E-state index contributed by atoms with van der Waals surface area (Å²) in [6.45, 7) is 5.20. The molecule has 0 aromatic carbocycles. The molecule has 0 saturated carbocycles. The van der Waals surface area contributed by atoms with E-state index in [-0.39, 0.29) is 18.9 Å². The molecular formula is C13H26N2O3. The number of carboxylic acid groups (broad SMARTS) is 1. The summed E-state index contributed by atoms with van der Waals surface area (Å²) in [6.07, 6.45) is 2.23. The lowest BCUT2D eigenvalue weighted by atomic mass is 9.88. The molecule has 0 aromatic rings. The van der Waals surface area contributed by atoms with E-state index in [1.54, 1.807) is 7.05 Å². The van der Waals surface area contributed by atoms with Crippen molar-refractivity contribution in [1.29, 1.82) is 0 Å². The van der Waals surface area contributed by atoms with E-state index in [1.807, 2.05) is 0 Å². The van der Waals surface area contributed by atoms with Crippen LogP contribution in [-0.2, 0) is 9.59 Å². The molecule has 3 N–H and O–H groups in total. The third-order valence-electron chi connectivity index (χ3n) is 3.30. The first-order valence-corrected chi connectivity index (χ1v) is 6.54. The Morgan fingerprint density at radius 3 is 2.28 bits per heavy atom. The van der Waals surface area contributed by atoms with E-state index in [0.717, 1.165) is 12.8 Å². The zero-order valence-corrected chi connectivity index (χ0v) is 11.7. The zero-order chi connectivity index (χ0) is 14.1. The van der Waals surface area contributed by atoms with Crippen LogP contribution >= 0.6 is 0 Å². The molecule has 0 radical (unpaired) electrons. The van der Waals surface area contributed by atoms with Gasteiger partial charge >= 0.3 is 5.97 Å². The number of hydrogen-bond donors (Lipinski definition) is 2. The average Bonchev–Trinajstić information content (AvgIpc) is 2.30. The van der Waals surface area contributed by atoms with E-state index < -0.39 is 5.97 Å². The Balaban J connectivity index is 4.02. The Labute approximate surface area is 109 Å². The second kappa shape index (κ2) is 8.91. The normalized spacial score (nSPS) is 12.5. The molecule has 0 rings (SSSR count). The van der Waals surface area contributed by atoms with Crippen LogP contribution in [0, 0.1) is 11.8 Å². The van der Waals surface area contributed by atoms with E-state index in [0.29, 0.717) is 24.8 Å². The smallest absolute Gasteiger partial charge is 0.305 e. The quantitative estimate of drug-likeness (QED) is 0.653. The predicted octanol–water partition coefficient (Wildman–Crippen LogP) is 1.32. The average molecular weight is 258 g/mol.